The van der Waals surface area contributed by atoms with Crippen molar-refractivity contribution in [3.8, 4) is 11.5 Å². The van der Waals surface area contributed by atoms with Gasteiger partial charge in [0.25, 0.3) is 0 Å². The number of carbonyl (C=O) groups excluding carboxylic acids is 1. The van der Waals surface area contributed by atoms with E-state index in [4.69, 9.17) is 14.2 Å². The quantitative estimate of drug-likeness (QED) is 0.392. The molecule has 30 heavy (non-hydrogen) atoms. The first kappa shape index (κ1) is 23.8. The minimum absolute atomic E-state index is 0.0133. The number of nitrogens with one attached hydrogen (secondary N) is 1. The summed E-state index contributed by atoms with van der Waals surface area (Å²) in [5, 5.41) is 3.50. The molecule has 1 unspecified atom stereocenters. The second-order valence-corrected chi connectivity index (χ2v) is 7.54. The first-order valence-corrected chi connectivity index (χ1v) is 10.5. The Morgan fingerprint density at radius 2 is 1.90 bits per heavy atom. The summed E-state index contributed by atoms with van der Waals surface area (Å²) in [7, 11) is 9.18. The Kier molecular flexibility index (Phi) is 9.23. The summed E-state index contributed by atoms with van der Waals surface area (Å²) in [5.41, 5.74) is 1.13. The predicted molar refractivity (Wildman–Crippen MR) is 118 cm³/mol. The first-order valence-electron chi connectivity index (χ1n) is 10.5. The lowest BCUT2D eigenvalue weighted by molar-refractivity contribution is -0.149. The molecule has 1 fully saturated rings. The van der Waals surface area contributed by atoms with E-state index in [-0.39, 0.29) is 17.9 Å². The van der Waals surface area contributed by atoms with Gasteiger partial charge < -0.3 is 29.3 Å². The lowest BCUT2D eigenvalue weighted by atomic mass is 9.97. The second kappa shape index (κ2) is 11.6. The molecule has 0 radical (unpaired) electrons. The minimum atomic E-state index is -0.0822. The molecule has 0 aromatic heterocycles. The van der Waals surface area contributed by atoms with Crippen LogP contribution in [0.4, 0.5) is 0 Å². The minimum Gasteiger partial charge on any atom is -0.493 e. The molecular weight excluding hydrogens is 384 g/mol. The van der Waals surface area contributed by atoms with Crippen LogP contribution in [-0.2, 0) is 9.53 Å². The maximum absolute atomic E-state index is 12.0. The Morgan fingerprint density at radius 1 is 1.23 bits per heavy atom. The highest BCUT2D eigenvalue weighted by Gasteiger charge is 2.27. The summed E-state index contributed by atoms with van der Waals surface area (Å²) < 4.78 is 16.0. The van der Waals surface area contributed by atoms with Crippen LogP contribution >= 0.6 is 0 Å². The highest BCUT2D eigenvalue weighted by atomic mass is 16.5. The number of methoxy groups -OCH3 is 2. The van der Waals surface area contributed by atoms with Crippen LogP contribution in [0.2, 0.25) is 0 Å². The van der Waals surface area contributed by atoms with Gasteiger partial charge in [0.2, 0.25) is 0 Å². The molecule has 1 aromatic rings. The maximum atomic E-state index is 12.0. The van der Waals surface area contributed by atoms with Crippen molar-refractivity contribution >= 4 is 11.9 Å². The van der Waals surface area contributed by atoms with E-state index in [0.29, 0.717) is 24.7 Å². The van der Waals surface area contributed by atoms with Crippen molar-refractivity contribution in [2.75, 3.05) is 61.6 Å². The summed E-state index contributed by atoms with van der Waals surface area (Å²) in [6, 6.07) is 6.12. The van der Waals surface area contributed by atoms with Crippen LogP contribution in [-0.4, -0.2) is 83.3 Å². The van der Waals surface area contributed by atoms with Crippen LogP contribution < -0.4 is 14.8 Å². The standard InChI is InChI=1S/C22H36N4O4/c1-7-30-21(27)16-10-12-26(13-11-16)22(23-2)24-15-18(25(3)4)17-8-9-19(28-5)20(14-17)29-6/h8-9,14,16,18H,7,10-13,15H2,1-6H3,(H,23,24). The van der Waals surface area contributed by atoms with Gasteiger partial charge in [0.1, 0.15) is 0 Å². The molecular formula is C22H36N4O4. The number of piperidine rings is 1. The van der Waals surface area contributed by atoms with Gasteiger partial charge in [-0.2, -0.15) is 0 Å². The average molecular weight is 421 g/mol. The number of nitrogens with zero attached hydrogens (tertiary/aromatic N) is 3. The van der Waals surface area contributed by atoms with Gasteiger partial charge in [-0.1, -0.05) is 6.07 Å². The number of rotatable bonds is 8. The Labute approximate surface area is 180 Å². The van der Waals surface area contributed by atoms with Gasteiger partial charge in [0, 0.05) is 26.7 Å². The zero-order valence-electron chi connectivity index (χ0n) is 19.1. The molecule has 0 bridgehead atoms. The van der Waals surface area contributed by atoms with E-state index < -0.39 is 0 Å². The van der Waals surface area contributed by atoms with Crippen LogP contribution in [0, 0.1) is 5.92 Å². The summed E-state index contributed by atoms with van der Waals surface area (Å²) in [4.78, 5) is 20.8. The molecule has 1 aliphatic rings. The Balaban J connectivity index is 2.01. The molecule has 1 atom stereocenters. The number of guanidine groups is 1. The van der Waals surface area contributed by atoms with E-state index in [9.17, 15) is 4.79 Å². The number of benzene rings is 1. The topological polar surface area (TPSA) is 75.6 Å². The Morgan fingerprint density at radius 3 is 2.43 bits per heavy atom. The second-order valence-electron chi connectivity index (χ2n) is 7.54. The number of esters is 1. The van der Waals surface area contributed by atoms with Crippen LogP contribution in [0.3, 0.4) is 0 Å². The van der Waals surface area contributed by atoms with E-state index in [2.05, 4.69) is 40.3 Å². The highest BCUT2D eigenvalue weighted by Crippen LogP contribution is 2.31. The van der Waals surface area contributed by atoms with E-state index in [1.165, 1.54) is 0 Å². The smallest absolute Gasteiger partial charge is 0.309 e. The molecule has 0 saturated carbocycles. The van der Waals surface area contributed by atoms with Crippen LogP contribution in [0.15, 0.2) is 23.2 Å². The molecule has 1 aliphatic heterocycles. The van der Waals surface area contributed by atoms with Gasteiger partial charge in [0.05, 0.1) is 32.8 Å². The largest absolute Gasteiger partial charge is 0.493 e. The van der Waals surface area contributed by atoms with Crippen molar-refractivity contribution in [3.63, 3.8) is 0 Å². The third-order valence-corrected chi connectivity index (χ3v) is 5.50. The van der Waals surface area contributed by atoms with Crippen LogP contribution in [0.25, 0.3) is 0 Å². The van der Waals surface area contributed by atoms with Gasteiger partial charge in [0.15, 0.2) is 17.5 Å². The van der Waals surface area contributed by atoms with Crippen molar-refractivity contribution in [1.29, 1.82) is 0 Å². The molecule has 2 rings (SSSR count). The van der Waals surface area contributed by atoms with E-state index >= 15 is 0 Å². The number of likely N-dealkylation sites (tertiary alicyclic amines) is 1. The molecule has 8 heteroatoms. The summed E-state index contributed by atoms with van der Waals surface area (Å²) in [5.74, 6) is 2.19. The van der Waals surface area contributed by atoms with Gasteiger partial charge in [-0.15, -0.1) is 0 Å². The Bertz CT molecular complexity index is 715. The van der Waals surface area contributed by atoms with Gasteiger partial charge >= 0.3 is 5.97 Å². The highest BCUT2D eigenvalue weighted by molar-refractivity contribution is 5.80. The molecule has 0 aliphatic carbocycles. The van der Waals surface area contributed by atoms with Gasteiger partial charge in [-0.3, -0.25) is 9.79 Å². The third kappa shape index (κ3) is 6.01. The predicted octanol–water partition coefficient (Wildman–Crippen LogP) is 2.16. The summed E-state index contributed by atoms with van der Waals surface area (Å²) in [6.07, 6.45) is 1.57. The number of likely N-dealkylation sites (N-methyl/N-ethyl adjacent to an activating group) is 1. The van der Waals surface area contributed by atoms with Crippen LogP contribution in [0.1, 0.15) is 31.4 Å². The Hall–Kier alpha value is -2.48. The molecule has 1 N–H and O–H groups in total. The number of hydrogen-bond acceptors (Lipinski definition) is 6. The zero-order chi connectivity index (χ0) is 22.1. The molecule has 8 nitrogen and oxygen atoms in total. The monoisotopic (exact) mass is 420 g/mol. The van der Waals surface area contributed by atoms with Gasteiger partial charge in [-0.05, 0) is 51.6 Å². The van der Waals surface area contributed by atoms with Crippen molar-refractivity contribution in [3.05, 3.63) is 23.8 Å². The number of ether oxygens (including phenoxy) is 3. The van der Waals surface area contributed by atoms with Crippen molar-refractivity contribution < 1.29 is 19.0 Å². The maximum Gasteiger partial charge on any atom is 0.309 e. The summed E-state index contributed by atoms with van der Waals surface area (Å²) >= 11 is 0. The van der Waals surface area contributed by atoms with E-state index in [1.54, 1.807) is 21.3 Å². The molecule has 1 heterocycles. The lowest BCUT2D eigenvalue weighted by Crippen LogP contribution is -2.48. The van der Waals surface area contributed by atoms with E-state index in [1.807, 2.05) is 19.1 Å². The number of hydrogen-bond donors (Lipinski definition) is 1. The fourth-order valence-electron chi connectivity index (χ4n) is 3.77. The normalized spacial score (nSPS) is 16.4. The van der Waals surface area contributed by atoms with Gasteiger partial charge in [-0.25, -0.2) is 0 Å². The molecule has 1 aromatic carbocycles. The fraction of sp³-hybridized carbons (Fsp3) is 0.636. The first-order chi connectivity index (χ1) is 14.4. The lowest BCUT2D eigenvalue weighted by Gasteiger charge is -2.34. The van der Waals surface area contributed by atoms with Crippen LogP contribution in [0.5, 0.6) is 11.5 Å². The third-order valence-electron chi connectivity index (χ3n) is 5.50. The molecule has 0 amide bonds. The SMILES string of the molecule is CCOC(=O)C1CCN(C(=NC)NCC(c2ccc(OC)c(OC)c2)N(C)C)CC1. The fourth-order valence-corrected chi connectivity index (χ4v) is 3.77. The van der Waals surface area contributed by atoms with E-state index in [0.717, 1.165) is 37.5 Å². The molecule has 168 valence electrons. The number of aliphatic imine (C=N–C) groups is 1. The zero-order valence-corrected chi connectivity index (χ0v) is 19.1. The van der Waals surface area contributed by atoms with Crippen molar-refractivity contribution in [2.45, 2.75) is 25.8 Å². The average Bonchev–Trinajstić information content (AvgIpc) is 2.76. The molecule has 1 saturated heterocycles. The summed E-state index contributed by atoms with van der Waals surface area (Å²) in [6.45, 7) is 4.54. The van der Waals surface area contributed by atoms with Crippen molar-refractivity contribution in [1.82, 2.24) is 15.1 Å². The number of carbonyl (C=O) groups is 1. The molecule has 0 spiro atoms. The van der Waals surface area contributed by atoms with Crippen molar-refractivity contribution in [2.24, 2.45) is 10.9 Å².